The fraction of sp³-hybridized carbons (Fsp3) is 0.257. The van der Waals surface area contributed by atoms with Crippen LogP contribution in [0.3, 0.4) is 0 Å². The zero-order valence-electron chi connectivity index (χ0n) is 25.7. The Morgan fingerprint density at radius 1 is 0.729 bits per heavy atom. The fourth-order valence-corrected chi connectivity index (χ4v) is 8.28. The number of rotatable bonds is 7. The first-order valence-electron chi connectivity index (χ1n) is 15.8. The van der Waals surface area contributed by atoms with Crippen molar-refractivity contribution in [2.24, 2.45) is 29.6 Å². The normalized spacial score (nSPS) is 26.2. The topological polar surface area (TPSA) is 176 Å². The predicted molar refractivity (Wildman–Crippen MR) is 177 cm³/mol. The first-order chi connectivity index (χ1) is 23.0. The van der Waals surface area contributed by atoms with Crippen LogP contribution < -0.4 is 20.7 Å². The number of nitrogens with zero attached hydrogens (tertiary/aromatic N) is 2. The van der Waals surface area contributed by atoms with E-state index in [4.69, 9.17) is 0 Å². The molecule has 1 saturated carbocycles. The van der Waals surface area contributed by atoms with E-state index in [0.717, 1.165) is 9.80 Å². The minimum Gasteiger partial charge on any atom is -0.507 e. The zero-order valence-corrected chi connectivity index (χ0v) is 25.7. The minimum absolute atomic E-state index is 0.0382. The molecule has 3 fully saturated rings. The number of fused-ring (bicyclic) bond motifs is 4. The van der Waals surface area contributed by atoms with Gasteiger partial charge in [0.25, 0.3) is 0 Å². The Morgan fingerprint density at radius 2 is 1.29 bits per heavy atom. The predicted octanol–water partition coefficient (Wildman–Crippen LogP) is 0.525. The Kier molecular flexibility index (Phi) is 7.95. The average Bonchev–Trinajstić information content (AvgIpc) is 3.48. The Balaban J connectivity index is 1.34. The molecule has 2 aliphatic heterocycles. The summed E-state index contributed by atoms with van der Waals surface area (Å²) in [6.07, 6.45) is 4.17. The number of phenolic OH excluding ortho intramolecular Hbond substituents is 1. The smallest absolute Gasteiger partial charge is 0.488 e. The van der Waals surface area contributed by atoms with Crippen LogP contribution in [0.1, 0.15) is 29.9 Å². The number of carbonyl (C=O) groups excluding carboxylic acids is 4. The highest BCUT2D eigenvalue weighted by molar-refractivity contribution is 6.59. The van der Waals surface area contributed by atoms with Crippen LogP contribution in [-0.2, 0) is 25.6 Å². The highest BCUT2D eigenvalue weighted by Gasteiger charge is 2.62. The van der Waals surface area contributed by atoms with E-state index in [1.165, 1.54) is 42.5 Å². The van der Waals surface area contributed by atoms with Crippen molar-refractivity contribution in [1.82, 2.24) is 0 Å². The van der Waals surface area contributed by atoms with Crippen LogP contribution >= 0.6 is 0 Å². The summed E-state index contributed by atoms with van der Waals surface area (Å²) in [4.78, 5) is 58.8. The number of para-hydroxylation sites is 1. The van der Waals surface area contributed by atoms with E-state index in [0.29, 0.717) is 23.1 Å². The largest absolute Gasteiger partial charge is 0.507 e. The first-order valence-corrected chi connectivity index (χ1v) is 15.8. The molecule has 6 unspecified atom stereocenters. The number of hydrogen-bond donors (Lipinski definition) is 5. The summed E-state index contributed by atoms with van der Waals surface area (Å²) in [5.74, 6) is -6.82. The van der Waals surface area contributed by atoms with E-state index < -0.39 is 73.4 Å². The lowest BCUT2D eigenvalue weighted by Gasteiger charge is -2.44. The molecule has 5 N–H and O–H groups in total. The van der Waals surface area contributed by atoms with Gasteiger partial charge in [-0.25, -0.2) is 0 Å². The lowest BCUT2D eigenvalue weighted by atomic mass is 9.57. The third-order valence-corrected chi connectivity index (χ3v) is 10.4. The van der Waals surface area contributed by atoms with Crippen molar-refractivity contribution < 1.29 is 44.4 Å². The summed E-state index contributed by atoms with van der Waals surface area (Å²) in [6, 6.07) is 17.0. The van der Waals surface area contributed by atoms with Crippen molar-refractivity contribution in [1.29, 1.82) is 0 Å². The van der Waals surface area contributed by atoms with Gasteiger partial charge in [-0.2, -0.15) is 0 Å². The Bertz CT molecular complexity index is 1910. The molecule has 0 bridgehead atoms. The van der Waals surface area contributed by atoms with Crippen LogP contribution in [0.15, 0.2) is 91.0 Å². The lowest BCUT2D eigenvalue weighted by Crippen LogP contribution is -2.43. The van der Waals surface area contributed by atoms with Gasteiger partial charge >= 0.3 is 14.2 Å². The molecular formula is C35H32B2N2O9. The molecule has 6 atom stereocenters. The molecule has 2 aliphatic carbocycles. The molecule has 13 heteroatoms. The standard InChI is InChI=1S/C35H32B2N2O9/c1-2-6-18-7-3-12-24(31(18)40)28-23-13-14-25-29(34(43)38(32(25)41)21-10-4-8-19(15-21)36(45)46)26(23)17-27-30(28)35(44)39(33(27)42)22-11-5-9-20(16-22)37(47)48/h2-5,7-13,15-16,25-30,40,45-48H,1,6,14,17H2. The Labute approximate surface area is 276 Å². The third-order valence-electron chi connectivity index (χ3n) is 10.4. The third kappa shape index (κ3) is 4.84. The fourth-order valence-electron chi connectivity index (χ4n) is 8.28. The van der Waals surface area contributed by atoms with Gasteiger partial charge in [0.15, 0.2) is 0 Å². The van der Waals surface area contributed by atoms with Gasteiger partial charge in [-0.1, -0.05) is 60.2 Å². The summed E-state index contributed by atoms with van der Waals surface area (Å²) >= 11 is 0. The molecule has 4 amide bonds. The van der Waals surface area contributed by atoms with E-state index in [2.05, 4.69) is 6.58 Å². The lowest BCUT2D eigenvalue weighted by molar-refractivity contribution is -0.126. The van der Waals surface area contributed by atoms with E-state index in [-0.39, 0.29) is 40.9 Å². The van der Waals surface area contributed by atoms with Crippen LogP contribution in [0.2, 0.25) is 0 Å². The highest BCUT2D eigenvalue weighted by atomic mass is 16.4. The van der Waals surface area contributed by atoms with E-state index in [9.17, 15) is 44.4 Å². The highest BCUT2D eigenvalue weighted by Crippen LogP contribution is 2.59. The maximum absolute atomic E-state index is 14.4. The molecular weight excluding hydrogens is 614 g/mol. The van der Waals surface area contributed by atoms with Crippen LogP contribution in [-0.4, -0.2) is 63.1 Å². The molecule has 3 aromatic carbocycles. The van der Waals surface area contributed by atoms with Crippen molar-refractivity contribution in [3.63, 3.8) is 0 Å². The second-order valence-electron chi connectivity index (χ2n) is 12.8. The zero-order chi connectivity index (χ0) is 34.0. The monoisotopic (exact) mass is 646 g/mol. The number of hydrogen-bond acceptors (Lipinski definition) is 9. The molecule has 0 spiro atoms. The molecule has 4 aliphatic rings. The van der Waals surface area contributed by atoms with Gasteiger partial charge in [0.1, 0.15) is 5.75 Å². The first kappa shape index (κ1) is 31.8. The van der Waals surface area contributed by atoms with Gasteiger partial charge < -0.3 is 25.2 Å². The molecule has 7 rings (SSSR count). The van der Waals surface area contributed by atoms with Gasteiger partial charge in [0.05, 0.1) is 35.0 Å². The van der Waals surface area contributed by atoms with E-state index >= 15 is 0 Å². The molecule has 11 nitrogen and oxygen atoms in total. The summed E-state index contributed by atoms with van der Waals surface area (Å²) < 4.78 is 0. The molecule has 0 radical (unpaired) electrons. The maximum atomic E-state index is 14.4. The number of amides is 4. The summed E-state index contributed by atoms with van der Waals surface area (Å²) in [7, 11) is -3.62. The number of anilines is 2. The van der Waals surface area contributed by atoms with Crippen molar-refractivity contribution >= 4 is 60.2 Å². The Morgan fingerprint density at radius 3 is 1.88 bits per heavy atom. The molecule has 0 aromatic heterocycles. The molecule has 2 heterocycles. The van der Waals surface area contributed by atoms with Gasteiger partial charge in [0, 0.05) is 11.5 Å². The summed E-state index contributed by atoms with van der Waals surface area (Å²) in [6.45, 7) is 3.78. The molecule has 2 saturated heterocycles. The average molecular weight is 646 g/mol. The number of imide groups is 2. The van der Waals surface area contributed by atoms with Crippen LogP contribution in [0.4, 0.5) is 11.4 Å². The van der Waals surface area contributed by atoms with E-state index in [1.807, 2.05) is 6.08 Å². The summed E-state index contributed by atoms with van der Waals surface area (Å²) in [5, 5.41) is 50.5. The van der Waals surface area contributed by atoms with Crippen molar-refractivity contribution in [2.75, 3.05) is 9.80 Å². The van der Waals surface area contributed by atoms with Gasteiger partial charge in [-0.05, 0) is 65.9 Å². The number of benzene rings is 3. The number of phenols is 1. The Hall–Kier alpha value is -4.81. The quantitative estimate of drug-likeness (QED) is 0.139. The molecule has 242 valence electrons. The van der Waals surface area contributed by atoms with Crippen molar-refractivity contribution in [3.05, 3.63) is 102 Å². The van der Waals surface area contributed by atoms with Crippen molar-refractivity contribution in [3.8, 4) is 5.75 Å². The molecule has 3 aromatic rings. The van der Waals surface area contributed by atoms with Gasteiger partial charge in [0.2, 0.25) is 23.6 Å². The number of aromatic hydroxyl groups is 1. The van der Waals surface area contributed by atoms with Crippen molar-refractivity contribution in [2.45, 2.75) is 25.2 Å². The molecule has 48 heavy (non-hydrogen) atoms. The minimum atomic E-state index is -1.82. The number of allylic oxidation sites excluding steroid dienone is 3. The van der Waals surface area contributed by atoms with Crippen LogP contribution in [0.5, 0.6) is 5.75 Å². The SMILES string of the molecule is C=CCc1cccc(C2C3=CCC4C(=O)N(c5cccc(B(O)O)c5)C(=O)C4C3CC3C(=O)N(c4cccc(B(O)O)c4)C(=O)C32)c1O. The maximum Gasteiger partial charge on any atom is 0.488 e. The second-order valence-corrected chi connectivity index (χ2v) is 12.8. The second kappa shape index (κ2) is 12.0. The van der Waals surface area contributed by atoms with Gasteiger partial charge in [-0.3, -0.25) is 29.0 Å². The number of carbonyl (C=O) groups is 4. The van der Waals surface area contributed by atoms with Crippen LogP contribution in [0.25, 0.3) is 0 Å². The van der Waals surface area contributed by atoms with E-state index in [1.54, 1.807) is 30.3 Å². The van der Waals surface area contributed by atoms with Crippen LogP contribution in [0, 0.1) is 29.6 Å². The van der Waals surface area contributed by atoms with Gasteiger partial charge in [-0.15, -0.1) is 6.58 Å². The summed E-state index contributed by atoms with van der Waals surface area (Å²) in [5.41, 5.74) is 2.31.